The first-order valence-corrected chi connectivity index (χ1v) is 18.9. The normalized spacial score (nSPS) is 19.3. The Balaban J connectivity index is 0.00000523. The fourth-order valence-electron chi connectivity index (χ4n) is 7.56. The second kappa shape index (κ2) is 13.6. The smallest absolute Gasteiger partial charge is 0.217 e. The number of amidine groups is 1. The molecule has 1 fully saturated rings. The van der Waals surface area contributed by atoms with E-state index >= 15 is 0 Å². The number of benzene rings is 3. The Morgan fingerprint density at radius 1 is 0.750 bits per heavy atom. The van der Waals surface area contributed by atoms with E-state index in [2.05, 4.69) is 144 Å². The molecule has 1 aromatic heterocycles. The van der Waals surface area contributed by atoms with E-state index in [0.29, 0.717) is 17.1 Å². The summed E-state index contributed by atoms with van der Waals surface area (Å²) >= 11 is 0. The standard InChI is InChI=1S/C46H60N3O2.Pt/c1-42(2,3)30-21-29(22-35(26-30)51-38-18-17-28-20-31(43(4,5)6)27-37(50)39(28)47-38)41-48-40-36(16-15-19-46(40,13)14)49(41)34-24-32(44(7,8)9)23-33(25-34)45(10,11)12;/h17-18,20-21,23-27,36,40,50H,15-16,19H2,1-14H3;/q-1;/t36-,40+;/m0./s1. The molecule has 1 N–H and O–H groups in total. The second-order valence-electron chi connectivity index (χ2n) is 19.9. The summed E-state index contributed by atoms with van der Waals surface area (Å²) in [4.78, 5) is 13.0. The van der Waals surface area contributed by atoms with Crippen molar-refractivity contribution in [2.24, 2.45) is 10.4 Å². The quantitative estimate of drug-likeness (QED) is 0.208. The van der Waals surface area contributed by atoms with Gasteiger partial charge in [-0.05, 0) is 86.9 Å². The summed E-state index contributed by atoms with van der Waals surface area (Å²) in [6.45, 7) is 31.7. The van der Waals surface area contributed by atoms with Gasteiger partial charge < -0.3 is 19.7 Å². The molecule has 2 atom stereocenters. The van der Waals surface area contributed by atoms with E-state index in [1.807, 2.05) is 18.2 Å². The number of nitrogens with zero attached hydrogens (tertiary/aromatic N) is 3. The number of fused-ring (bicyclic) bond motifs is 2. The van der Waals surface area contributed by atoms with Gasteiger partial charge in [-0.15, -0.1) is 17.2 Å². The fourth-order valence-corrected chi connectivity index (χ4v) is 7.56. The van der Waals surface area contributed by atoms with Crippen molar-refractivity contribution in [1.29, 1.82) is 0 Å². The van der Waals surface area contributed by atoms with Gasteiger partial charge >= 0.3 is 0 Å². The largest absolute Gasteiger partial charge is 0.506 e. The van der Waals surface area contributed by atoms with Crippen molar-refractivity contribution in [1.82, 2.24) is 4.98 Å². The van der Waals surface area contributed by atoms with Crippen molar-refractivity contribution in [3.63, 3.8) is 0 Å². The molecular weight excluding hydrogens is 822 g/mol. The van der Waals surface area contributed by atoms with E-state index in [1.165, 1.54) is 23.2 Å². The van der Waals surface area contributed by atoms with Gasteiger partial charge in [0.2, 0.25) is 5.88 Å². The zero-order valence-corrected chi connectivity index (χ0v) is 36.3. The van der Waals surface area contributed by atoms with Crippen molar-refractivity contribution in [2.45, 2.75) is 150 Å². The average Bonchev–Trinajstić information content (AvgIpc) is 3.40. The van der Waals surface area contributed by atoms with Crippen molar-refractivity contribution in [3.05, 3.63) is 88.5 Å². The summed E-state index contributed by atoms with van der Waals surface area (Å²) in [6.07, 6.45) is 3.43. The molecule has 5 nitrogen and oxygen atoms in total. The first-order chi connectivity index (χ1) is 23.4. The minimum Gasteiger partial charge on any atom is -0.506 e. The number of hydrogen-bond acceptors (Lipinski definition) is 5. The van der Waals surface area contributed by atoms with Crippen molar-refractivity contribution < 1.29 is 30.9 Å². The number of rotatable bonds is 4. The van der Waals surface area contributed by atoms with Crippen molar-refractivity contribution in [3.8, 4) is 17.4 Å². The maximum atomic E-state index is 11.0. The number of phenolic OH excluding ortho intramolecular Hbond substituents is 1. The summed E-state index contributed by atoms with van der Waals surface area (Å²) in [5.74, 6) is 2.12. The number of aliphatic imine (C=N–C) groups is 1. The Labute approximate surface area is 328 Å². The van der Waals surface area contributed by atoms with Crippen LogP contribution in [-0.4, -0.2) is 28.0 Å². The predicted molar refractivity (Wildman–Crippen MR) is 214 cm³/mol. The van der Waals surface area contributed by atoms with E-state index < -0.39 is 0 Å². The topological polar surface area (TPSA) is 58.0 Å². The maximum absolute atomic E-state index is 11.0. The van der Waals surface area contributed by atoms with Crippen LogP contribution in [0.3, 0.4) is 0 Å². The van der Waals surface area contributed by atoms with Gasteiger partial charge in [0.1, 0.15) is 11.3 Å². The van der Waals surface area contributed by atoms with Crippen LogP contribution in [0.1, 0.15) is 144 Å². The van der Waals surface area contributed by atoms with Crippen LogP contribution in [0.15, 0.2) is 59.6 Å². The Morgan fingerprint density at radius 2 is 1.31 bits per heavy atom. The molecule has 0 unspecified atom stereocenters. The van der Waals surface area contributed by atoms with Crippen LogP contribution >= 0.6 is 0 Å². The van der Waals surface area contributed by atoms with E-state index in [4.69, 9.17) is 14.7 Å². The number of anilines is 1. The Hall–Kier alpha value is -3.17. The number of aromatic hydroxyl groups is 1. The molecule has 3 aromatic carbocycles. The van der Waals surface area contributed by atoms with Gasteiger partial charge in [-0.25, -0.2) is 4.98 Å². The Morgan fingerprint density at radius 3 is 1.88 bits per heavy atom. The minimum atomic E-state index is -0.151. The van der Waals surface area contributed by atoms with Gasteiger partial charge in [0.25, 0.3) is 0 Å². The molecule has 0 radical (unpaired) electrons. The first kappa shape index (κ1) is 40.0. The van der Waals surface area contributed by atoms with E-state index in [1.54, 1.807) is 0 Å². The molecule has 1 saturated carbocycles. The summed E-state index contributed by atoms with van der Waals surface area (Å²) in [5, 5.41) is 11.9. The average molecular weight is 882 g/mol. The summed E-state index contributed by atoms with van der Waals surface area (Å²) < 4.78 is 6.55. The molecule has 282 valence electrons. The molecule has 1 aliphatic carbocycles. The van der Waals surface area contributed by atoms with Gasteiger partial charge in [-0.3, -0.25) is 0 Å². The summed E-state index contributed by atoms with van der Waals surface area (Å²) in [5.41, 5.74) is 7.34. The number of hydrogen-bond donors (Lipinski definition) is 1. The molecule has 0 spiro atoms. The molecular formula is C46H60N3O2Pt-. The van der Waals surface area contributed by atoms with Crippen LogP contribution in [-0.2, 0) is 42.7 Å². The number of phenols is 1. The molecule has 6 heteroatoms. The molecule has 1 aliphatic heterocycles. The van der Waals surface area contributed by atoms with Crippen LogP contribution in [0.5, 0.6) is 17.4 Å². The molecule has 2 heterocycles. The molecule has 4 aromatic rings. The third-order valence-corrected chi connectivity index (χ3v) is 11.0. The van der Waals surface area contributed by atoms with Gasteiger partial charge in [-0.2, -0.15) is 0 Å². The molecule has 0 saturated heterocycles. The molecule has 6 rings (SSSR count). The van der Waals surface area contributed by atoms with Gasteiger partial charge in [0, 0.05) is 50.0 Å². The van der Waals surface area contributed by atoms with Crippen LogP contribution < -0.4 is 9.64 Å². The van der Waals surface area contributed by atoms with Crippen LogP contribution in [0.25, 0.3) is 10.9 Å². The molecule has 2 aliphatic rings. The summed E-state index contributed by atoms with van der Waals surface area (Å²) in [7, 11) is 0. The Kier molecular flexibility index (Phi) is 10.5. The van der Waals surface area contributed by atoms with Crippen LogP contribution in [0.4, 0.5) is 5.69 Å². The monoisotopic (exact) mass is 881 g/mol. The zero-order chi connectivity index (χ0) is 37.5. The minimum absolute atomic E-state index is 0. The molecule has 0 bridgehead atoms. The first-order valence-electron chi connectivity index (χ1n) is 18.9. The number of pyridine rings is 1. The van der Waals surface area contributed by atoms with E-state index in [0.717, 1.165) is 40.8 Å². The third-order valence-electron chi connectivity index (χ3n) is 11.0. The second-order valence-corrected chi connectivity index (χ2v) is 19.9. The van der Waals surface area contributed by atoms with Gasteiger partial charge in [0.05, 0.1) is 11.9 Å². The van der Waals surface area contributed by atoms with Gasteiger partial charge in [-0.1, -0.05) is 122 Å². The van der Waals surface area contributed by atoms with E-state index in [-0.39, 0.29) is 66.0 Å². The third kappa shape index (κ3) is 8.01. The number of aromatic nitrogens is 1. The van der Waals surface area contributed by atoms with Gasteiger partial charge in [0.15, 0.2) is 0 Å². The SMILES string of the molecule is CC(C)(C)c1cc(Oc2ccc3cc(C(C)(C)C)cc(O)c3n2)[c-]c(C2=N[C@@H]3[C@H](CCCC3(C)C)N2c2cc(C(C)(C)C)cc(C(C)(C)C)c2)c1.[Pt]. The fraction of sp³-hybridized carbons (Fsp3) is 0.522. The molecule has 0 amide bonds. The predicted octanol–water partition coefficient (Wildman–Crippen LogP) is 11.9. The van der Waals surface area contributed by atoms with Crippen molar-refractivity contribution >= 4 is 22.4 Å². The van der Waals surface area contributed by atoms with Crippen LogP contribution in [0, 0.1) is 11.5 Å². The Bertz CT molecular complexity index is 1970. The maximum Gasteiger partial charge on any atom is 0.217 e. The van der Waals surface area contributed by atoms with E-state index in [9.17, 15) is 5.11 Å². The zero-order valence-electron chi connectivity index (χ0n) is 34.0. The summed E-state index contributed by atoms with van der Waals surface area (Å²) in [6, 6.07) is 23.4. The number of ether oxygens (including phenoxy) is 1. The molecule has 52 heavy (non-hydrogen) atoms. The van der Waals surface area contributed by atoms with Crippen LogP contribution in [0.2, 0.25) is 0 Å². The van der Waals surface area contributed by atoms with Crippen molar-refractivity contribution in [2.75, 3.05) is 4.90 Å².